The highest BCUT2D eigenvalue weighted by atomic mass is 19.4. The van der Waals surface area contributed by atoms with Crippen LogP contribution in [0.25, 0.3) is 0 Å². The van der Waals surface area contributed by atoms with Crippen LogP contribution >= 0.6 is 0 Å². The van der Waals surface area contributed by atoms with Crippen molar-refractivity contribution in [1.82, 2.24) is 0 Å². The molecule has 0 heterocycles. The minimum Gasteiger partial charge on any atom is -0.398 e. The molecule has 0 aliphatic carbocycles. The van der Waals surface area contributed by atoms with Crippen molar-refractivity contribution in [1.29, 1.82) is 0 Å². The van der Waals surface area contributed by atoms with Gasteiger partial charge in [-0.25, -0.2) is 0 Å². The molecule has 0 aliphatic heterocycles. The van der Waals surface area contributed by atoms with Gasteiger partial charge in [-0.15, -0.1) is 0 Å². The fourth-order valence-corrected chi connectivity index (χ4v) is 1.54. The first-order chi connectivity index (χ1) is 8.30. The van der Waals surface area contributed by atoms with Crippen LogP contribution in [0.4, 0.5) is 24.5 Å². The third-order valence-corrected chi connectivity index (χ3v) is 2.49. The fraction of sp³-hybridized carbons (Fsp3) is 0.500. The zero-order valence-electron chi connectivity index (χ0n) is 10.1. The van der Waals surface area contributed by atoms with Gasteiger partial charge in [-0.3, -0.25) is 0 Å². The van der Waals surface area contributed by atoms with Crippen molar-refractivity contribution in [2.75, 3.05) is 17.6 Å². The minimum absolute atomic E-state index is 0.281. The number of hydrogen-bond donors (Lipinski definition) is 3. The second-order valence-electron chi connectivity index (χ2n) is 4.22. The molecule has 1 aromatic carbocycles. The molecule has 102 valence electrons. The second-order valence-corrected chi connectivity index (χ2v) is 4.22. The quantitative estimate of drug-likeness (QED) is 0.565. The van der Waals surface area contributed by atoms with E-state index in [-0.39, 0.29) is 5.69 Å². The van der Waals surface area contributed by atoms with Crippen molar-refractivity contribution in [3.8, 4) is 0 Å². The van der Waals surface area contributed by atoms with Crippen LogP contribution < -0.4 is 11.1 Å². The molecule has 4 N–H and O–H groups in total. The van der Waals surface area contributed by atoms with Gasteiger partial charge < -0.3 is 16.2 Å². The van der Waals surface area contributed by atoms with Crippen LogP contribution in [0.1, 0.15) is 25.3 Å². The maximum atomic E-state index is 12.6. The van der Waals surface area contributed by atoms with Crippen molar-refractivity contribution in [3.63, 3.8) is 0 Å². The summed E-state index contributed by atoms with van der Waals surface area (Å²) in [6, 6.07) is 3.74. The van der Waals surface area contributed by atoms with E-state index in [4.69, 9.17) is 10.8 Å². The maximum absolute atomic E-state index is 12.6. The smallest absolute Gasteiger partial charge is 0.398 e. The molecule has 18 heavy (non-hydrogen) atoms. The Bertz CT molecular complexity index is 391. The number of halogens is 3. The zero-order valence-corrected chi connectivity index (χ0v) is 10.1. The highest BCUT2D eigenvalue weighted by Gasteiger charge is 2.33. The van der Waals surface area contributed by atoms with E-state index < -0.39 is 17.8 Å². The molecule has 0 aromatic heterocycles. The van der Waals surface area contributed by atoms with Crippen LogP contribution in [0.2, 0.25) is 0 Å². The number of anilines is 2. The molecule has 0 saturated carbocycles. The summed E-state index contributed by atoms with van der Waals surface area (Å²) >= 11 is 0. The molecule has 1 unspecified atom stereocenters. The first-order valence-corrected chi connectivity index (χ1v) is 5.69. The largest absolute Gasteiger partial charge is 0.418 e. The van der Waals surface area contributed by atoms with Gasteiger partial charge in [0.05, 0.1) is 11.7 Å². The van der Waals surface area contributed by atoms with E-state index in [1.54, 1.807) is 6.92 Å². The second kappa shape index (κ2) is 5.95. The Morgan fingerprint density at radius 3 is 2.61 bits per heavy atom. The van der Waals surface area contributed by atoms with Gasteiger partial charge in [0.1, 0.15) is 0 Å². The van der Waals surface area contributed by atoms with Crippen LogP contribution in [-0.4, -0.2) is 17.8 Å². The number of nitrogens with two attached hydrogens (primary N) is 1. The predicted octanol–water partition coefficient (Wildman–Crippen LogP) is 2.86. The number of benzene rings is 1. The lowest BCUT2D eigenvalue weighted by Crippen LogP contribution is -2.11. The summed E-state index contributed by atoms with van der Waals surface area (Å²) in [7, 11) is 0. The van der Waals surface area contributed by atoms with Gasteiger partial charge in [-0.05, 0) is 38.0 Å². The van der Waals surface area contributed by atoms with Crippen molar-refractivity contribution in [3.05, 3.63) is 23.8 Å². The molecule has 1 aromatic rings. The lowest BCUT2D eigenvalue weighted by Gasteiger charge is -2.13. The molecule has 0 radical (unpaired) electrons. The van der Waals surface area contributed by atoms with Gasteiger partial charge in [0.2, 0.25) is 0 Å². The standard InChI is InChI=1S/C12H17F3N2O/c1-8(18)3-2-6-17-9-4-5-11(16)10(7-9)12(13,14)15/h4-5,7-8,17-18H,2-3,6,16H2,1H3. The Morgan fingerprint density at radius 1 is 1.39 bits per heavy atom. The molecule has 0 bridgehead atoms. The van der Waals surface area contributed by atoms with Gasteiger partial charge in [0.15, 0.2) is 0 Å². The third kappa shape index (κ3) is 4.44. The summed E-state index contributed by atoms with van der Waals surface area (Å²) in [6.07, 6.45) is -3.55. The first-order valence-electron chi connectivity index (χ1n) is 5.69. The number of aliphatic hydroxyl groups excluding tert-OH is 1. The topological polar surface area (TPSA) is 58.3 Å². The summed E-state index contributed by atoms with van der Waals surface area (Å²) in [6.45, 7) is 2.18. The number of hydrogen-bond acceptors (Lipinski definition) is 3. The van der Waals surface area contributed by atoms with Crippen molar-refractivity contribution < 1.29 is 18.3 Å². The summed E-state index contributed by atoms with van der Waals surface area (Å²) in [5.41, 5.74) is 4.56. The fourth-order valence-electron chi connectivity index (χ4n) is 1.54. The molecular weight excluding hydrogens is 245 g/mol. The van der Waals surface area contributed by atoms with Gasteiger partial charge in [-0.2, -0.15) is 13.2 Å². The summed E-state index contributed by atoms with van der Waals surface area (Å²) in [5, 5.41) is 11.9. The van der Waals surface area contributed by atoms with E-state index in [0.29, 0.717) is 25.1 Å². The van der Waals surface area contributed by atoms with Crippen LogP contribution in [0.15, 0.2) is 18.2 Å². The molecule has 3 nitrogen and oxygen atoms in total. The Hall–Kier alpha value is -1.43. The summed E-state index contributed by atoms with van der Waals surface area (Å²) in [4.78, 5) is 0. The molecule has 0 saturated heterocycles. The van der Waals surface area contributed by atoms with Crippen LogP contribution in [-0.2, 0) is 6.18 Å². The number of nitrogen functional groups attached to an aromatic ring is 1. The van der Waals surface area contributed by atoms with E-state index in [1.165, 1.54) is 12.1 Å². The molecule has 0 amide bonds. The highest BCUT2D eigenvalue weighted by Crippen LogP contribution is 2.35. The highest BCUT2D eigenvalue weighted by molar-refractivity contribution is 5.58. The predicted molar refractivity (Wildman–Crippen MR) is 65.3 cm³/mol. The van der Waals surface area contributed by atoms with Gasteiger partial charge in [0.25, 0.3) is 0 Å². The average Bonchev–Trinajstić information content (AvgIpc) is 2.24. The van der Waals surface area contributed by atoms with Gasteiger partial charge >= 0.3 is 6.18 Å². The molecule has 1 atom stereocenters. The van der Waals surface area contributed by atoms with Gasteiger partial charge in [-0.1, -0.05) is 0 Å². The van der Waals surface area contributed by atoms with Crippen molar-refractivity contribution in [2.24, 2.45) is 0 Å². The van der Waals surface area contributed by atoms with E-state index in [2.05, 4.69) is 5.32 Å². The summed E-state index contributed by atoms with van der Waals surface area (Å²) < 4.78 is 37.7. The SMILES string of the molecule is CC(O)CCCNc1ccc(N)c(C(F)(F)F)c1. The zero-order chi connectivity index (χ0) is 13.8. The van der Waals surface area contributed by atoms with Crippen molar-refractivity contribution >= 4 is 11.4 Å². The Labute approximate surface area is 104 Å². The first kappa shape index (κ1) is 14.6. The Balaban J connectivity index is 2.63. The minimum atomic E-state index is -4.44. The van der Waals surface area contributed by atoms with E-state index >= 15 is 0 Å². The lowest BCUT2D eigenvalue weighted by molar-refractivity contribution is -0.136. The van der Waals surface area contributed by atoms with Crippen molar-refractivity contribution in [2.45, 2.75) is 32.0 Å². The third-order valence-electron chi connectivity index (χ3n) is 2.49. The Kier molecular flexibility index (Phi) is 4.84. The molecule has 0 fully saturated rings. The molecule has 0 spiro atoms. The lowest BCUT2D eigenvalue weighted by atomic mass is 10.1. The Morgan fingerprint density at radius 2 is 2.06 bits per heavy atom. The van der Waals surface area contributed by atoms with E-state index in [9.17, 15) is 13.2 Å². The number of aliphatic hydroxyl groups is 1. The van der Waals surface area contributed by atoms with Crippen LogP contribution in [0, 0.1) is 0 Å². The van der Waals surface area contributed by atoms with E-state index in [0.717, 1.165) is 6.07 Å². The number of rotatable bonds is 5. The molecular formula is C12H17F3N2O. The van der Waals surface area contributed by atoms with Crippen LogP contribution in [0.5, 0.6) is 0 Å². The number of nitrogens with one attached hydrogen (secondary N) is 1. The molecule has 0 aliphatic rings. The maximum Gasteiger partial charge on any atom is 0.418 e. The summed E-state index contributed by atoms with van der Waals surface area (Å²) in [5.74, 6) is 0. The normalized spacial score (nSPS) is 13.4. The van der Waals surface area contributed by atoms with E-state index in [1.807, 2.05) is 0 Å². The molecule has 6 heteroatoms. The molecule has 1 rings (SSSR count). The van der Waals surface area contributed by atoms with Gasteiger partial charge in [0, 0.05) is 17.9 Å². The number of alkyl halides is 3. The monoisotopic (exact) mass is 262 g/mol. The van der Waals surface area contributed by atoms with Crippen LogP contribution in [0.3, 0.4) is 0 Å². The average molecular weight is 262 g/mol.